The molecule has 5 nitrogen and oxygen atoms in total. The van der Waals surface area contributed by atoms with Gasteiger partial charge in [0.2, 0.25) is 5.91 Å². The van der Waals surface area contributed by atoms with Crippen molar-refractivity contribution in [2.45, 2.75) is 25.5 Å². The fourth-order valence-corrected chi connectivity index (χ4v) is 3.28. The Morgan fingerprint density at radius 1 is 1.32 bits per heavy atom. The number of rotatable bonds is 5. The number of para-hydroxylation sites is 1. The molecule has 0 bridgehead atoms. The molecular formula is C13H17NO4S. The topological polar surface area (TPSA) is 63.7 Å². The molecule has 0 radical (unpaired) electrons. The van der Waals surface area contributed by atoms with Crippen molar-refractivity contribution < 1.29 is 17.4 Å². The summed E-state index contributed by atoms with van der Waals surface area (Å²) in [6.07, 6.45) is 1.33. The second kappa shape index (κ2) is 5.71. The maximum Gasteiger partial charge on any atom is 0.271 e. The van der Waals surface area contributed by atoms with Crippen LogP contribution < -0.4 is 4.90 Å². The predicted molar refractivity (Wildman–Crippen MR) is 72.3 cm³/mol. The average molecular weight is 283 g/mol. The van der Waals surface area contributed by atoms with Crippen molar-refractivity contribution in [3.8, 4) is 0 Å². The van der Waals surface area contributed by atoms with Gasteiger partial charge in [-0.2, -0.15) is 8.42 Å². The van der Waals surface area contributed by atoms with Gasteiger partial charge in [0.25, 0.3) is 10.1 Å². The molecular weight excluding hydrogens is 266 g/mol. The monoisotopic (exact) mass is 283 g/mol. The van der Waals surface area contributed by atoms with Crippen molar-refractivity contribution >= 4 is 21.7 Å². The normalized spacial score (nSPS) is 16.1. The van der Waals surface area contributed by atoms with E-state index < -0.39 is 10.1 Å². The molecule has 104 valence electrons. The highest BCUT2D eigenvalue weighted by molar-refractivity contribution is 7.85. The molecule has 1 aliphatic rings. The quantitative estimate of drug-likeness (QED) is 0.771. The van der Waals surface area contributed by atoms with Crippen LogP contribution >= 0.6 is 0 Å². The van der Waals surface area contributed by atoms with Crippen molar-refractivity contribution in [2.24, 2.45) is 0 Å². The number of nitrogens with zero attached hydrogens (tertiary/aromatic N) is 1. The van der Waals surface area contributed by atoms with E-state index in [9.17, 15) is 13.2 Å². The summed E-state index contributed by atoms with van der Waals surface area (Å²) in [5.41, 5.74) is 1.28. The van der Waals surface area contributed by atoms with Gasteiger partial charge in [-0.1, -0.05) is 18.2 Å². The minimum atomic E-state index is -3.59. The Kier molecular flexibility index (Phi) is 4.21. The molecule has 0 atom stereocenters. The molecule has 1 fully saturated rings. The van der Waals surface area contributed by atoms with E-state index in [1.807, 2.05) is 0 Å². The molecule has 0 unspecified atom stereocenters. The van der Waals surface area contributed by atoms with Gasteiger partial charge < -0.3 is 4.90 Å². The lowest BCUT2D eigenvalue weighted by atomic mass is 10.2. The first kappa shape index (κ1) is 14.0. The lowest BCUT2D eigenvalue weighted by molar-refractivity contribution is -0.117. The Morgan fingerprint density at radius 3 is 2.68 bits per heavy atom. The number of benzene rings is 1. The summed E-state index contributed by atoms with van der Waals surface area (Å²) in [6, 6.07) is 7.07. The van der Waals surface area contributed by atoms with Crippen LogP contribution in [0.3, 0.4) is 0 Å². The predicted octanol–water partition coefficient (Wildman–Crippen LogP) is 1.68. The summed E-state index contributed by atoms with van der Waals surface area (Å²) in [7, 11) is -3.59. The second-order valence-electron chi connectivity index (χ2n) is 4.39. The Bertz CT molecular complexity index is 568. The zero-order chi connectivity index (χ0) is 13.9. The highest BCUT2D eigenvalue weighted by Gasteiger charge is 2.25. The van der Waals surface area contributed by atoms with Gasteiger partial charge in [-0.3, -0.25) is 8.98 Å². The summed E-state index contributed by atoms with van der Waals surface area (Å²) in [5, 5.41) is 0. The summed E-state index contributed by atoms with van der Waals surface area (Å²) >= 11 is 0. The average Bonchev–Trinajstić information content (AvgIpc) is 2.75. The molecule has 0 saturated carbocycles. The number of carbonyl (C=O) groups excluding carboxylic acids is 1. The van der Waals surface area contributed by atoms with Crippen LogP contribution in [-0.2, 0) is 24.8 Å². The standard InChI is InChI=1S/C13H17NO4S/c1-2-18-19(16,17)10-11-6-3-4-7-12(11)14-9-5-8-13(14)15/h3-4,6-7H,2,5,8-10H2,1H3. The van der Waals surface area contributed by atoms with Crippen LogP contribution in [0.4, 0.5) is 5.69 Å². The van der Waals surface area contributed by atoms with Gasteiger partial charge in [0.1, 0.15) is 5.75 Å². The SMILES string of the molecule is CCOS(=O)(=O)Cc1ccccc1N1CCCC1=O. The zero-order valence-electron chi connectivity index (χ0n) is 10.8. The van der Waals surface area contributed by atoms with Gasteiger partial charge in [-0.15, -0.1) is 0 Å². The maximum absolute atomic E-state index is 11.8. The molecule has 1 aromatic rings. The molecule has 1 aliphatic heterocycles. The number of anilines is 1. The van der Waals surface area contributed by atoms with Gasteiger partial charge in [0, 0.05) is 18.7 Å². The van der Waals surface area contributed by atoms with Gasteiger partial charge in [-0.25, -0.2) is 0 Å². The fraction of sp³-hybridized carbons (Fsp3) is 0.462. The number of hydrogen-bond donors (Lipinski definition) is 0. The Balaban J connectivity index is 2.29. The fourth-order valence-electron chi connectivity index (χ4n) is 2.21. The summed E-state index contributed by atoms with van der Waals surface area (Å²) in [4.78, 5) is 13.4. The molecule has 0 spiro atoms. The molecule has 6 heteroatoms. The minimum absolute atomic E-state index is 0.0428. The molecule has 1 aromatic carbocycles. The lowest BCUT2D eigenvalue weighted by Gasteiger charge is -2.19. The minimum Gasteiger partial charge on any atom is -0.312 e. The highest BCUT2D eigenvalue weighted by atomic mass is 32.2. The van der Waals surface area contributed by atoms with Gasteiger partial charge in [0.05, 0.1) is 6.61 Å². The molecule has 1 amide bonds. The zero-order valence-corrected chi connectivity index (χ0v) is 11.6. The van der Waals surface area contributed by atoms with Gasteiger partial charge in [-0.05, 0) is 25.0 Å². The number of carbonyl (C=O) groups is 1. The second-order valence-corrected chi connectivity index (χ2v) is 6.03. The van der Waals surface area contributed by atoms with E-state index >= 15 is 0 Å². The van der Waals surface area contributed by atoms with E-state index in [-0.39, 0.29) is 18.3 Å². The van der Waals surface area contributed by atoms with Crippen LogP contribution in [0.25, 0.3) is 0 Å². The van der Waals surface area contributed by atoms with Crippen LogP contribution in [0.15, 0.2) is 24.3 Å². The Labute approximate surface area is 113 Å². The first-order chi connectivity index (χ1) is 9.03. The first-order valence-electron chi connectivity index (χ1n) is 6.29. The summed E-state index contributed by atoms with van der Waals surface area (Å²) in [5.74, 6) is -0.165. The molecule has 2 rings (SSSR count). The number of hydrogen-bond acceptors (Lipinski definition) is 4. The molecule has 0 aliphatic carbocycles. The van der Waals surface area contributed by atoms with Crippen molar-refractivity contribution in [2.75, 3.05) is 18.1 Å². The van der Waals surface area contributed by atoms with E-state index in [2.05, 4.69) is 0 Å². The molecule has 0 N–H and O–H groups in total. The molecule has 0 aromatic heterocycles. The lowest BCUT2D eigenvalue weighted by Crippen LogP contribution is -2.25. The summed E-state index contributed by atoms with van der Waals surface area (Å²) < 4.78 is 28.2. The van der Waals surface area contributed by atoms with Crippen molar-refractivity contribution in [3.63, 3.8) is 0 Å². The van der Waals surface area contributed by atoms with E-state index in [0.29, 0.717) is 24.2 Å². The molecule has 1 saturated heterocycles. The number of amides is 1. The van der Waals surface area contributed by atoms with Crippen LogP contribution in [0.2, 0.25) is 0 Å². The highest BCUT2D eigenvalue weighted by Crippen LogP contribution is 2.27. The van der Waals surface area contributed by atoms with Crippen LogP contribution in [0.1, 0.15) is 25.3 Å². The van der Waals surface area contributed by atoms with Crippen LogP contribution in [0, 0.1) is 0 Å². The third-order valence-electron chi connectivity index (χ3n) is 2.99. The van der Waals surface area contributed by atoms with E-state index in [4.69, 9.17) is 4.18 Å². The van der Waals surface area contributed by atoms with E-state index in [1.165, 1.54) is 0 Å². The van der Waals surface area contributed by atoms with Gasteiger partial charge in [0.15, 0.2) is 0 Å². The van der Waals surface area contributed by atoms with Crippen molar-refractivity contribution in [1.29, 1.82) is 0 Å². The largest absolute Gasteiger partial charge is 0.312 e. The molecule has 19 heavy (non-hydrogen) atoms. The van der Waals surface area contributed by atoms with Crippen LogP contribution in [0.5, 0.6) is 0 Å². The Hall–Kier alpha value is -1.40. The first-order valence-corrected chi connectivity index (χ1v) is 7.86. The smallest absolute Gasteiger partial charge is 0.271 e. The third kappa shape index (κ3) is 3.33. The van der Waals surface area contributed by atoms with Crippen molar-refractivity contribution in [1.82, 2.24) is 0 Å². The van der Waals surface area contributed by atoms with Crippen LogP contribution in [-0.4, -0.2) is 27.5 Å². The van der Waals surface area contributed by atoms with Crippen molar-refractivity contribution in [3.05, 3.63) is 29.8 Å². The van der Waals surface area contributed by atoms with E-state index in [1.54, 1.807) is 36.1 Å². The van der Waals surface area contributed by atoms with E-state index in [0.717, 1.165) is 6.42 Å². The Morgan fingerprint density at radius 2 is 2.05 bits per heavy atom. The third-order valence-corrected chi connectivity index (χ3v) is 4.24. The molecule has 1 heterocycles. The maximum atomic E-state index is 11.8. The van der Waals surface area contributed by atoms with Gasteiger partial charge >= 0.3 is 0 Å². The summed E-state index contributed by atoms with van der Waals surface area (Å²) in [6.45, 7) is 2.39.